The normalized spacial score (nSPS) is 13.7. The molecule has 1 rings (SSSR count). The molecular weight excluding hydrogens is 260 g/mol. The minimum absolute atomic E-state index is 0.183. The quantitative estimate of drug-likeness (QED) is 0.837. The Morgan fingerprint density at radius 2 is 1.74 bits per heavy atom. The SMILES string of the molecule is CCCS(=O)(=O)c1ccc(CC(O)CC(C)C)cc1. The molecule has 0 aliphatic heterocycles. The van der Waals surface area contributed by atoms with Crippen LogP contribution in [0, 0.1) is 5.92 Å². The van der Waals surface area contributed by atoms with Crippen molar-refractivity contribution in [3.8, 4) is 0 Å². The van der Waals surface area contributed by atoms with Crippen LogP contribution in [0.5, 0.6) is 0 Å². The molecule has 4 heteroatoms. The standard InChI is InChI=1S/C15H24O3S/c1-4-9-19(17,18)15-7-5-13(6-8-15)11-14(16)10-12(2)3/h5-8,12,14,16H,4,9-11H2,1-3H3. The van der Waals surface area contributed by atoms with Gasteiger partial charge in [-0.25, -0.2) is 8.42 Å². The van der Waals surface area contributed by atoms with Crippen molar-refractivity contribution in [2.24, 2.45) is 5.92 Å². The highest BCUT2D eigenvalue weighted by atomic mass is 32.2. The summed E-state index contributed by atoms with van der Waals surface area (Å²) in [6.07, 6.45) is 1.59. The van der Waals surface area contributed by atoms with Gasteiger partial charge in [-0.2, -0.15) is 0 Å². The molecule has 0 aromatic heterocycles. The highest BCUT2D eigenvalue weighted by Gasteiger charge is 2.13. The molecule has 0 heterocycles. The lowest BCUT2D eigenvalue weighted by molar-refractivity contribution is 0.149. The maximum Gasteiger partial charge on any atom is 0.178 e. The number of rotatable bonds is 7. The van der Waals surface area contributed by atoms with Crippen LogP contribution in [0.2, 0.25) is 0 Å². The third kappa shape index (κ3) is 5.33. The fourth-order valence-electron chi connectivity index (χ4n) is 2.12. The third-order valence-electron chi connectivity index (χ3n) is 2.97. The lowest BCUT2D eigenvalue weighted by Gasteiger charge is -2.13. The van der Waals surface area contributed by atoms with Crippen LogP contribution in [0.4, 0.5) is 0 Å². The molecule has 1 atom stereocenters. The molecule has 0 fully saturated rings. The van der Waals surface area contributed by atoms with Crippen molar-refractivity contribution in [2.45, 2.75) is 51.0 Å². The van der Waals surface area contributed by atoms with E-state index in [0.717, 1.165) is 12.0 Å². The third-order valence-corrected chi connectivity index (χ3v) is 4.91. The Balaban J connectivity index is 2.72. The minimum atomic E-state index is -3.14. The largest absolute Gasteiger partial charge is 0.393 e. The Morgan fingerprint density at radius 3 is 2.21 bits per heavy atom. The van der Waals surface area contributed by atoms with Gasteiger partial charge >= 0.3 is 0 Å². The molecule has 0 amide bonds. The van der Waals surface area contributed by atoms with Crippen molar-refractivity contribution in [1.29, 1.82) is 0 Å². The van der Waals surface area contributed by atoms with Crippen LogP contribution in [0.25, 0.3) is 0 Å². The first-order valence-corrected chi connectivity index (χ1v) is 8.50. The summed E-state index contributed by atoms with van der Waals surface area (Å²) in [5.41, 5.74) is 0.976. The summed E-state index contributed by atoms with van der Waals surface area (Å²) >= 11 is 0. The van der Waals surface area contributed by atoms with Gasteiger partial charge in [0.2, 0.25) is 0 Å². The zero-order chi connectivity index (χ0) is 14.5. The van der Waals surface area contributed by atoms with Crippen molar-refractivity contribution in [3.63, 3.8) is 0 Å². The van der Waals surface area contributed by atoms with E-state index in [1.807, 2.05) is 6.92 Å². The average molecular weight is 284 g/mol. The predicted molar refractivity (Wildman–Crippen MR) is 78.0 cm³/mol. The first-order chi connectivity index (χ1) is 8.85. The number of benzene rings is 1. The van der Waals surface area contributed by atoms with E-state index in [1.165, 1.54) is 0 Å². The average Bonchev–Trinajstić information content (AvgIpc) is 2.28. The van der Waals surface area contributed by atoms with Crippen molar-refractivity contribution in [3.05, 3.63) is 29.8 Å². The van der Waals surface area contributed by atoms with Gasteiger partial charge in [-0.05, 0) is 42.9 Å². The highest BCUT2D eigenvalue weighted by molar-refractivity contribution is 7.91. The summed E-state index contributed by atoms with van der Waals surface area (Å²) in [7, 11) is -3.14. The summed E-state index contributed by atoms with van der Waals surface area (Å²) in [6.45, 7) is 6.00. The fourth-order valence-corrected chi connectivity index (χ4v) is 3.44. The molecule has 0 bridgehead atoms. The second-order valence-electron chi connectivity index (χ2n) is 5.45. The molecule has 0 aliphatic rings. The Kier molecular flexibility index (Phi) is 6.01. The molecule has 0 aliphatic carbocycles. The Labute approximate surface area is 116 Å². The highest BCUT2D eigenvalue weighted by Crippen LogP contribution is 2.16. The summed E-state index contributed by atoms with van der Waals surface area (Å²) < 4.78 is 23.7. The van der Waals surface area contributed by atoms with Crippen molar-refractivity contribution >= 4 is 9.84 Å². The minimum Gasteiger partial charge on any atom is -0.393 e. The van der Waals surface area contributed by atoms with Gasteiger partial charge in [0.05, 0.1) is 16.8 Å². The van der Waals surface area contributed by atoms with Gasteiger partial charge in [-0.3, -0.25) is 0 Å². The van der Waals surface area contributed by atoms with Crippen LogP contribution in [-0.2, 0) is 16.3 Å². The second-order valence-corrected chi connectivity index (χ2v) is 7.56. The maximum absolute atomic E-state index is 11.9. The van der Waals surface area contributed by atoms with Gasteiger partial charge in [0.15, 0.2) is 9.84 Å². The number of sulfone groups is 1. The van der Waals surface area contributed by atoms with Crippen LogP contribution < -0.4 is 0 Å². The number of aliphatic hydroxyl groups is 1. The molecule has 1 unspecified atom stereocenters. The van der Waals surface area contributed by atoms with Crippen LogP contribution >= 0.6 is 0 Å². The molecule has 0 saturated carbocycles. The molecule has 0 saturated heterocycles. The van der Waals surface area contributed by atoms with E-state index in [0.29, 0.717) is 23.7 Å². The van der Waals surface area contributed by atoms with Crippen LogP contribution in [-0.4, -0.2) is 25.4 Å². The van der Waals surface area contributed by atoms with E-state index in [9.17, 15) is 13.5 Å². The summed E-state index contributed by atoms with van der Waals surface area (Å²) in [5.74, 6) is 0.640. The molecule has 0 radical (unpaired) electrons. The second kappa shape index (κ2) is 7.06. The van der Waals surface area contributed by atoms with Gasteiger partial charge in [-0.1, -0.05) is 32.9 Å². The molecular formula is C15H24O3S. The van der Waals surface area contributed by atoms with E-state index < -0.39 is 9.84 Å². The van der Waals surface area contributed by atoms with Gasteiger partial charge in [0.25, 0.3) is 0 Å². The van der Waals surface area contributed by atoms with Crippen LogP contribution in [0.1, 0.15) is 39.2 Å². The first kappa shape index (κ1) is 16.2. The monoisotopic (exact) mass is 284 g/mol. The zero-order valence-electron chi connectivity index (χ0n) is 12.0. The summed E-state index contributed by atoms with van der Waals surface area (Å²) in [6, 6.07) is 6.88. The lowest BCUT2D eigenvalue weighted by Crippen LogP contribution is -2.13. The summed E-state index contributed by atoms with van der Waals surface area (Å²) in [5, 5.41) is 9.87. The molecule has 1 aromatic carbocycles. The summed E-state index contributed by atoms with van der Waals surface area (Å²) in [4.78, 5) is 0.372. The molecule has 1 aromatic rings. The number of hydrogen-bond donors (Lipinski definition) is 1. The van der Waals surface area contributed by atoms with E-state index in [-0.39, 0.29) is 11.9 Å². The Hall–Kier alpha value is -0.870. The van der Waals surface area contributed by atoms with E-state index in [2.05, 4.69) is 13.8 Å². The molecule has 1 N–H and O–H groups in total. The number of aliphatic hydroxyl groups excluding tert-OH is 1. The lowest BCUT2D eigenvalue weighted by atomic mass is 10.00. The molecule has 3 nitrogen and oxygen atoms in total. The van der Waals surface area contributed by atoms with Crippen molar-refractivity contribution in [2.75, 3.05) is 5.75 Å². The predicted octanol–water partition coefficient (Wildman–Crippen LogP) is 2.82. The van der Waals surface area contributed by atoms with Gasteiger partial charge in [-0.15, -0.1) is 0 Å². The van der Waals surface area contributed by atoms with Gasteiger partial charge < -0.3 is 5.11 Å². The van der Waals surface area contributed by atoms with Gasteiger partial charge in [0, 0.05) is 0 Å². The molecule has 0 spiro atoms. The zero-order valence-corrected chi connectivity index (χ0v) is 12.8. The fraction of sp³-hybridized carbons (Fsp3) is 0.600. The maximum atomic E-state index is 11.9. The van der Waals surface area contributed by atoms with Crippen molar-refractivity contribution in [1.82, 2.24) is 0 Å². The van der Waals surface area contributed by atoms with E-state index in [4.69, 9.17) is 0 Å². The topological polar surface area (TPSA) is 54.4 Å². The van der Waals surface area contributed by atoms with E-state index in [1.54, 1.807) is 24.3 Å². The van der Waals surface area contributed by atoms with Crippen molar-refractivity contribution < 1.29 is 13.5 Å². The first-order valence-electron chi connectivity index (χ1n) is 6.85. The van der Waals surface area contributed by atoms with E-state index >= 15 is 0 Å². The smallest absolute Gasteiger partial charge is 0.178 e. The van der Waals surface area contributed by atoms with Crippen LogP contribution in [0.3, 0.4) is 0 Å². The van der Waals surface area contributed by atoms with Gasteiger partial charge in [0.1, 0.15) is 0 Å². The Morgan fingerprint density at radius 1 is 1.16 bits per heavy atom. The molecule has 19 heavy (non-hydrogen) atoms. The Bertz CT molecular complexity index is 475. The number of hydrogen-bond acceptors (Lipinski definition) is 3. The molecule has 108 valence electrons. The van der Waals surface area contributed by atoms with Crippen LogP contribution in [0.15, 0.2) is 29.2 Å².